The summed E-state index contributed by atoms with van der Waals surface area (Å²) in [5, 5.41) is 8.75. The lowest BCUT2D eigenvalue weighted by Gasteiger charge is -2.03. The molecule has 0 bridgehead atoms. The molecule has 1 atom stereocenters. The fourth-order valence-electron chi connectivity index (χ4n) is 2.55. The molecule has 0 aromatic carbocycles. The summed E-state index contributed by atoms with van der Waals surface area (Å²) in [6, 6.07) is 0. The van der Waals surface area contributed by atoms with Crippen molar-refractivity contribution < 1.29 is 19.0 Å². The number of carbonyl (C=O) groups is 1. The van der Waals surface area contributed by atoms with E-state index in [1.54, 1.807) is 0 Å². The lowest BCUT2D eigenvalue weighted by molar-refractivity contribution is -0.136. The first-order valence-electron chi connectivity index (χ1n) is 9.10. The molecular weight excluding hydrogens is 311 g/mol. The van der Waals surface area contributed by atoms with Crippen molar-refractivity contribution in [2.24, 2.45) is 0 Å². The smallest absolute Gasteiger partial charge is 0.330 e. The normalized spacial score (nSPS) is 12.6. The maximum absolute atomic E-state index is 10.8. The Balaban J connectivity index is 3.38. The van der Waals surface area contributed by atoms with E-state index in [2.05, 4.69) is 19.1 Å². The third kappa shape index (κ3) is 14.4. The average molecular weight is 344 g/mol. The first kappa shape index (κ1) is 22.1. The van der Waals surface area contributed by atoms with Crippen LogP contribution >= 0.6 is 7.68 Å². The Bertz CT molecular complexity index is 380. The highest BCUT2D eigenvalue weighted by atomic mass is 31.1. The molecule has 1 unspecified atom stereocenters. The number of rotatable bonds is 16. The third-order valence-corrected chi connectivity index (χ3v) is 5.02. The second kappa shape index (κ2) is 16.0. The first-order chi connectivity index (χ1) is 11.1. The van der Waals surface area contributed by atoms with Crippen LogP contribution < -0.4 is 0 Å². The summed E-state index contributed by atoms with van der Waals surface area (Å²) < 4.78 is 21.5. The van der Waals surface area contributed by atoms with Crippen molar-refractivity contribution in [1.82, 2.24) is 0 Å². The van der Waals surface area contributed by atoms with Crippen molar-refractivity contribution in [1.29, 1.82) is 0 Å². The van der Waals surface area contributed by atoms with Gasteiger partial charge >= 0.3 is 13.6 Å². The van der Waals surface area contributed by atoms with Gasteiger partial charge in [0.05, 0.1) is 0 Å². The van der Waals surface area contributed by atoms with E-state index in [0.29, 0.717) is 6.42 Å². The number of unbranched alkanes of at least 4 members (excludes halogenated alkanes) is 10. The number of carboxylic acid groups (broad SMARTS) is 1. The zero-order valence-electron chi connectivity index (χ0n) is 14.5. The number of allylic oxidation sites excluding steroid dienone is 2. The topological polar surface area (TPSA) is 71.4 Å². The molecule has 134 valence electrons. The zero-order chi connectivity index (χ0) is 17.3. The van der Waals surface area contributed by atoms with E-state index in [4.69, 9.17) is 5.11 Å². The summed E-state index contributed by atoms with van der Waals surface area (Å²) in [5.74, 6) is -1.22. The summed E-state index contributed by atoms with van der Waals surface area (Å²) in [6.07, 6.45) is 18.7. The van der Waals surface area contributed by atoms with Gasteiger partial charge in [0.1, 0.15) is 0 Å². The molecule has 1 N–H and O–H groups in total. The predicted molar refractivity (Wildman–Crippen MR) is 94.6 cm³/mol. The molecule has 4 nitrogen and oxygen atoms in total. The van der Waals surface area contributed by atoms with Crippen molar-refractivity contribution in [3.63, 3.8) is 0 Å². The second-order valence-corrected chi connectivity index (χ2v) is 7.35. The maximum atomic E-state index is 10.8. The van der Waals surface area contributed by atoms with Crippen LogP contribution in [-0.4, -0.2) is 16.7 Å². The summed E-state index contributed by atoms with van der Waals surface area (Å²) in [6.45, 7) is 2.23. The highest BCUT2D eigenvalue weighted by Crippen LogP contribution is 2.21. The lowest BCUT2D eigenvalue weighted by Crippen LogP contribution is -2.14. The van der Waals surface area contributed by atoms with Gasteiger partial charge in [-0.2, -0.15) is 0 Å². The minimum atomic E-state index is -2.86. The Morgan fingerprint density at radius 1 is 0.870 bits per heavy atom. The molecule has 5 heteroatoms. The molecule has 23 heavy (non-hydrogen) atoms. The fourth-order valence-corrected chi connectivity index (χ4v) is 3.12. The Kier molecular flexibility index (Phi) is 15.4. The molecule has 0 saturated carbocycles. The summed E-state index contributed by atoms with van der Waals surface area (Å²) in [7, 11) is -2.86. The minimum Gasteiger partial charge on any atom is -0.480 e. The molecular formula is C18H33O4P. The van der Waals surface area contributed by atoms with E-state index in [1.807, 2.05) is 0 Å². The highest BCUT2D eigenvalue weighted by molar-refractivity contribution is 7.33. The standard InChI is InChI=1S/C18H33O4P/c1-2-3-4-5-6-7-8-9-10-11-12-13-14-15-16-17(18(19)20)23(21)22/h9-10,17H,2-8,11-16H2,1H3,(H,19,20)/b10-9-. The first-order valence-corrected chi connectivity index (χ1v) is 10.4. The Morgan fingerprint density at radius 3 is 1.83 bits per heavy atom. The van der Waals surface area contributed by atoms with E-state index < -0.39 is 19.3 Å². The second-order valence-electron chi connectivity index (χ2n) is 6.16. The quantitative estimate of drug-likeness (QED) is 0.204. The monoisotopic (exact) mass is 344 g/mol. The van der Waals surface area contributed by atoms with E-state index >= 15 is 0 Å². The van der Waals surface area contributed by atoms with Gasteiger partial charge in [-0.05, 0) is 32.1 Å². The van der Waals surface area contributed by atoms with Crippen molar-refractivity contribution in [2.75, 3.05) is 0 Å². The van der Waals surface area contributed by atoms with Gasteiger partial charge in [0.2, 0.25) is 0 Å². The van der Waals surface area contributed by atoms with Crippen LogP contribution in [0.5, 0.6) is 0 Å². The van der Waals surface area contributed by atoms with E-state index in [1.165, 1.54) is 44.9 Å². The molecule has 0 fully saturated rings. The van der Waals surface area contributed by atoms with Crippen molar-refractivity contribution >= 4 is 13.6 Å². The van der Waals surface area contributed by atoms with Crippen LogP contribution in [0.3, 0.4) is 0 Å². The molecule has 0 aliphatic heterocycles. The summed E-state index contributed by atoms with van der Waals surface area (Å²) in [4.78, 5) is 10.7. The lowest BCUT2D eigenvalue weighted by atomic mass is 10.1. The maximum Gasteiger partial charge on any atom is 0.330 e. The molecule has 0 rings (SSSR count). The van der Waals surface area contributed by atoms with Gasteiger partial charge in [-0.3, -0.25) is 4.79 Å². The van der Waals surface area contributed by atoms with Gasteiger partial charge < -0.3 is 5.11 Å². The Hall–Kier alpha value is -0.890. The van der Waals surface area contributed by atoms with Crippen LogP contribution in [-0.2, 0) is 13.9 Å². The number of hydrogen-bond acceptors (Lipinski definition) is 3. The van der Waals surface area contributed by atoms with Crippen LogP contribution in [0.25, 0.3) is 0 Å². The van der Waals surface area contributed by atoms with Gasteiger partial charge in [0.25, 0.3) is 0 Å². The molecule has 0 saturated heterocycles. The highest BCUT2D eigenvalue weighted by Gasteiger charge is 2.22. The number of aliphatic carboxylic acids is 1. The van der Waals surface area contributed by atoms with E-state index in [9.17, 15) is 13.9 Å². The predicted octanol–water partition coefficient (Wildman–Crippen LogP) is 6.26. The molecule has 0 aliphatic rings. The Labute approximate surface area is 141 Å². The number of hydrogen-bond donors (Lipinski definition) is 1. The van der Waals surface area contributed by atoms with Crippen molar-refractivity contribution in [3.8, 4) is 0 Å². The molecule has 0 aliphatic carbocycles. The van der Waals surface area contributed by atoms with Crippen LogP contribution in [0, 0.1) is 0 Å². The number of carboxylic acids is 1. The van der Waals surface area contributed by atoms with Crippen LogP contribution in [0.15, 0.2) is 12.2 Å². The van der Waals surface area contributed by atoms with Crippen LogP contribution in [0.4, 0.5) is 0 Å². The molecule has 0 spiro atoms. The van der Waals surface area contributed by atoms with Crippen LogP contribution in [0.1, 0.15) is 90.4 Å². The largest absolute Gasteiger partial charge is 0.480 e. The van der Waals surface area contributed by atoms with Crippen LogP contribution in [0.2, 0.25) is 0 Å². The molecule has 0 heterocycles. The Morgan fingerprint density at radius 2 is 1.35 bits per heavy atom. The SMILES string of the molecule is CCCCCCCC/C=C\CCCCCCC(C(=O)O)P(=O)=O. The summed E-state index contributed by atoms with van der Waals surface area (Å²) in [5.41, 5.74) is -1.21. The molecule has 0 amide bonds. The zero-order valence-corrected chi connectivity index (χ0v) is 15.4. The van der Waals surface area contributed by atoms with Gasteiger partial charge in [0.15, 0.2) is 5.66 Å². The van der Waals surface area contributed by atoms with Gasteiger partial charge in [-0.1, -0.05) is 70.4 Å². The average Bonchev–Trinajstić information content (AvgIpc) is 2.50. The molecule has 0 radical (unpaired) electrons. The van der Waals surface area contributed by atoms with Gasteiger partial charge in [-0.15, -0.1) is 0 Å². The minimum absolute atomic E-state index is 0.238. The summed E-state index contributed by atoms with van der Waals surface area (Å²) >= 11 is 0. The van der Waals surface area contributed by atoms with Gasteiger partial charge in [-0.25, -0.2) is 9.13 Å². The molecule has 0 aromatic heterocycles. The van der Waals surface area contributed by atoms with Crippen molar-refractivity contribution in [3.05, 3.63) is 12.2 Å². The van der Waals surface area contributed by atoms with Crippen molar-refractivity contribution in [2.45, 2.75) is 96.1 Å². The van der Waals surface area contributed by atoms with Gasteiger partial charge in [0, 0.05) is 0 Å². The van der Waals surface area contributed by atoms with E-state index in [0.717, 1.165) is 25.7 Å². The van der Waals surface area contributed by atoms with E-state index in [-0.39, 0.29) is 6.42 Å². The third-order valence-electron chi connectivity index (χ3n) is 4.03. The molecule has 0 aromatic rings. The fraction of sp³-hybridized carbons (Fsp3) is 0.833.